The highest BCUT2D eigenvalue weighted by Crippen LogP contribution is 2.24. The van der Waals surface area contributed by atoms with E-state index in [4.69, 9.17) is 5.73 Å². The molecule has 0 radical (unpaired) electrons. The third-order valence-electron chi connectivity index (χ3n) is 4.14. The van der Waals surface area contributed by atoms with Crippen LogP contribution < -0.4 is 5.73 Å². The fraction of sp³-hybridized carbons (Fsp3) is 0.706. The smallest absolute Gasteiger partial charge is 0.0547 e. The standard InChI is InChI=1S/C17H31N3/c1-6-20(12-16-9-7-8-15(4)19-16)17(5,13-18)11-10-14(2)3/h7-9,14H,6,10-13,18H2,1-5H3. The molecule has 0 spiro atoms. The molecular weight excluding hydrogens is 246 g/mol. The van der Waals surface area contributed by atoms with Crippen molar-refractivity contribution in [2.75, 3.05) is 13.1 Å². The summed E-state index contributed by atoms with van der Waals surface area (Å²) in [6.45, 7) is 13.7. The molecule has 1 heterocycles. The summed E-state index contributed by atoms with van der Waals surface area (Å²) in [7, 11) is 0. The van der Waals surface area contributed by atoms with Crippen molar-refractivity contribution in [2.45, 2.75) is 59.5 Å². The Morgan fingerprint density at radius 1 is 1.35 bits per heavy atom. The minimum absolute atomic E-state index is 0.0600. The maximum absolute atomic E-state index is 6.09. The van der Waals surface area contributed by atoms with E-state index in [1.165, 1.54) is 6.42 Å². The molecule has 20 heavy (non-hydrogen) atoms. The van der Waals surface area contributed by atoms with Gasteiger partial charge in [-0.05, 0) is 51.3 Å². The van der Waals surface area contributed by atoms with E-state index in [1.54, 1.807) is 0 Å². The lowest BCUT2D eigenvalue weighted by Gasteiger charge is -2.40. The van der Waals surface area contributed by atoms with Gasteiger partial charge < -0.3 is 5.73 Å². The predicted octanol–water partition coefficient (Wildman–Crippen LogP) is 3.37. The SMILES string of the molecule is CCN(Cc1cccc(C)n1)C(C)(CN)CCC(C)C. The van der Waals surface area contributed by atoms with Crippen molar-refractivity contribution in [3.63, 3.8) is 0 Å². The van der Waals surface area contributed by atoms with Crippen LogP contribution in [0.15, 0.2) is 18.2 Å². The maximum atomic E-state index is 6.09. The molecule has 3 heteroatoms. The molecule has 0 fully saturated rings. The molecule has 0 aliphatic rings. The first-order valence-electron chi connectivity index (χ1n) is 7.79. The Balaban J connectivity index is 2.80. The molecule has 1 aromatic heterocycles. The zero-order chi connectivity index (χ0) is 15.2. The fourth-order valence-electron chi connectivity index (χ4n) is 2.56. The van der Waals surface area contributed by atoms with Gasteiger partial charge in [-0.3, -0.25) is 9.88 Å². The zero-order valence-electron chi connectivity index (χ0n) is 13.8. The zero-order valence-corrected chi connectivity index (χ0v) is 13.8. The molecule has 0 bridgehead atoms. The van der Waals surface area contributed by atoms with Crippen molar-refractivity contribution in [1.29, 1.82) is 0 Å². The number of pyridine rings is 1. The summed E-state index contributed by atoms with van der Waals surface area (Å²) < 4.78 is 0. The van der Waals surface area contributed by atoms with Crippen molar-refractivity contribution in [3.8, 4) is 0 Å². The van der Waals surface area contributed by atoms with Crippen molar-refractivity contribution < 1.29 is 0 Å². The lowest BCUT2D eigenvalue weighted by Crippen LogP contribution is -2.51. The van der Waals surface area contributed by atoms with Crippen molar-refractivity contribution in [2.24, 2.45) is 11.7 Å². The average Bonchev–Trinajstić information content (AvgIpc) is 2.42. The second-order valence-electron chi connectivity index (χ2n) is 6.42. The number of likely N-dealkylation sites (N-methyl/N-ethyl adjacent to an activating group) is 1. The summed E-state index contributed by atoms with van der Waals surface area (Å²) in [5.74, 6) is 0.719. The van der Waals surface area contributed by atoms with Crippen LogP contribution in [0.5, 0.6) is 0 Å². The third kappa shape index (κ3) is 4.88. The monoisotopic (exact) mass is 277 g/mol. The molecule has 1 atom stereocenters. The number of rotatable bonds is 8. The lowest BCUT2D eigenvalue weighted by molar-refractivity contribution is 0.0921. The van der Waals surface area contributed by atoms with E-state index in [2.05, 4.69) is 49.7 Å². The van der Waals surface area contributed by atoms with Gasteiger partial charge in [0.15, 0.2) is 0 Å². The quantitative estimate of drug-likeness (QED) is 0.792. The van der Waals surface area contributed by atoms with Crippen LogP contribution in [0.3, 0.4) is 0 Å². The van der Waals surface area contributed by atoms with Crippen LogP contribution in [0.1, 0.15) is 51.9 Å². The van der Waals surface area contributed by atoms with Gasteiger partial charge in [0.1, 0.15) is 0 Å². The minimum atomic E-state index is 0.0600. The Hall–Kier alpha value is -0.930. The van der Waals surface area contributed by atoms with Gasteiger partial charge in [0.25, 0.3) is 0 Å². The molecule has 0 saturated carbocycles. The Labute approximate surface area is 124 Å². The second-order valence-corrected chi connectivity index (χ2v) is 6.42. The van der Waals surface area contributed by atoms with Crippen LogP contribution in [-0.4, -0.2) is 28.5 Å². The van der Waals surface area contributed by atoms with E-state index >= 15 is 0 Å². The van der Waals surface area contributed by atoms with Crippen molar-refractivity contribution in [3.05, 3.63) is 29.6 Å². The molecule has 0 saturated heterocycles. The lowest BCUT2D eigenvalue weighted by atomic mass is 9.90. The van der Waals surface area contributed by atoms with Crippen molar-refractivity contribution in [1.82, 2.24) is 9.88 Å². The fourth-order valence-corrected chi connectivity index (χ4v) is 2.56. The number of hydrogen-bond acceptors (Lipinski definition) is 3. The maximum Gasteiger partial charge on any atom is 0.0547 e. The summed E-state index contributed by atoms with van der Waals surface area (Å²) in [5, 5.41) is 0. The van der Waals surface area contributed by atoms with Gasteiger partial charge in [0.05, 0.1) is 5.69 Å². The van der Waals surface area contributed by atoms with Gasteiger partial charge in [-0.2, -0.15) is 0 Å². The van der Waals surface area contributed by atoms with Crippen LogP contribution in [-0.2, 0) is 6.54 Å². The van der Waals surface area contributed by atoms with E-state index < -0.39 is 0 Å². The van der Waals surface area contributed by atoms with Gasteiger partial charge in [0, 0.05) is 24.3 Å². The largest absolute Gasteiger partial charge is 0.329 e. The minimum Gasteiger partial charge on any atom is -0.329 e. The molecule has 0 aromatic carbocycles. The van der Waals surface area contributed by atoms with Crippen LogP contribution in [0.4, 0.5) is 0 Å². The number of aromatic nitrogens is 1. The predicted molar refractivity (Wildman–Crippen MR) is 86.6 cm³/mol. The van der Waals surface area contributed by atoms with E-state index in [-0.39, 0.29) is 5.54 Å². The van der Waals surface area contributed by atoms with E-state index in [0.29, 0.717) is 6.54 Å². The summed E-state index contributed by atoms with van der Waals surface area (Å²) in [4.78, 5) is 7.09. The first-order valence-corrected chi connectivity index (χ1v) is 7.79. The van der Waals surface area contributed by atoms with Gasteiger partial charge >= 0.3 is 0 Å². The topological polar surface area (TPSA) is 42.2 Å². The second kappa shape index (κ2) is 7.75. The molecule has 0 amide bonds. The molecule has 1 unspecified atom stereocenters. The molecule has 0 aliphatic carbocycles. The number of hydrogen-bond donors (Lipinski definition) is 1. The highest BCUT2D eigenvalue weighted by atomic mass is 15.2. The molecule has 1 rings (SSSR count). The molecule has 1 aromatic rings. The Morgan fingerprint density at radius 3 is 2.55 bits per heavy atom. The number of nitrogens with zero attached hydrogens (tertiary/aromatic N) is 2. The first kappa shape index (κ1) is 17.1. The Bertz CT molecular complexity index is 403. The summed E-state index contributed by atoms with van der Waals surface area (Å²) in [5.41, 5.74) is 8.37. The summed E-state index contributed by atoms with van der Waals surface area (Å²) >= 11 is 0. The van der Waals surface area contributed by atoms with E-state index in [9.17, 15) is 0 Å². The van der Waals surface area contributed by atoms with E-state index in [0.717, 1.165) is 36.8 Å². The first-order chi connectivity index (χ1) is 9.41. The van der Waals surface area contributed by atoms with Gasteiger partial charge in [-0.1, -0.05) is 26.8 Å². The van der Waals surface area contributed by atoms with E-state index in [1.807, 2.05) is 13.0 Å². The Morgan fingerprint density at radius 2 is 2.05 bits per heavy atom. The highest BCUT2D eigenvalue weighted by Gasteiger charge is 2.29. The van der Waals surface area contributed by atoms with Gasteiger partial charge in [-0.25, -0.2) is 0 Å². The number of nitrogens with two attached hydrogens (primary N) is 1. The van der Waals surface area contributed by atoms with Crippen LogP contribution >= 0.6 is 0 Å². The number of aryl methyl sites for hydroxylation is 1. The summed E-state index contributed by atoms with van der Waals surface area (Å²) in [6.07, 6.45) is 2.35. The molecule has 114 valence electrons. The van der Waals surface area contributed by atoms with Crippen LogP contribution in [0, 0.1) is 12.8 Å². The van der Waals surface area contributed by atoms with Crippen molar-refractivity contribution >= 4 is 0 Å². The normalized spacial score (nSPS) is 14.8. The van der Waals surface area contributed by atoms with Crippen LogP contribution in [0.25, 0.3) is 0 Å². The highest BCUT2D eigenvalue weighted by molar-refractivity contribution is 5.10. The molecule has 2 N–H and O–H groups in total. The van der Waals surface area contributed by atoms with Crippen LogP contribution in [0.2, 0.25) is 0 Å². The van der Waals surface area contributed by atoms with Gasteiger partial charge in [0.2, 0.25) is 0 Å². The molecular formula is C17H31N3. The Kier molecular flexibility index (Phi) is 6.63. The summed E-state index contributed by atoms with van der Waals surface area (Å²) in [6, 6.07) is 6.23. The average molecular weight is 277 g/mol. The third-order valence-corrected chi connectivity index (χ3v) is 4.14. The van der Waals surface area contributed by atoms with Gasteiger partial charge in [-0.15, -0.1) is 0 Å². The molecule has 3 nitrogen and oxygen atoms in total. The molecule has 0 aliphatic heterocycles.